The van der Waals surface area contributed by atoms with Crippen LogP contribution < -0.4 is 0 Å². The number of hydrogen-bond donors (Lipinski definition) is 1. The number of rotatable bonds is 2. The van der Waals surface area contributed by atoms with Gasteiger partial charge in [0.1, 0.15) is 0 Å². The van der Waals surface area contributed by atoms with Crippen molar-refractivity contribution in [1.82, 2.24) is 4.98 Å². The number of hydrogen-bond acceptors (Lipinski definition) is 2. The van der Waals surface area contributed by atoms with Crippen molar-refractivity contribution in [3.63, 3.8) is 0 Å². The van der Waals surface area contributed by atoms with Crippen LogP contribution in [0.15, 0.2) is 29.7 Å². The Morgan fingerprint density at radius 3 is 2.69 bits per heavy atom. The molecule has 0 amide bonds. The van der Waals surface area contributed by atoms with Crippen molar-refractivity contribution in [3.05, 3.63) is 40.9 Å². The Bertz CT molecular complexity index is 651. The molecule has 0 atom stereocenters. The summed E-state index contributed by atoms with van der Waals surface area (Å²) < 4.78 is 22.0. The van der Waals surface area contributed by atoms with E-state index < -0.39 is 9.84 Å². The molecule has 16 heavy (non-hydrogen) atoms. The van der Waals surface area contributed by atoms with Crippen molar-refractivity contribution >= 4 is 26.8 Å². The summed E-state index contributed by atoms with van der Waals surface area (Å²) in [6.45, 7) is 1.99. The van der Waals surface area contributed by atoms with Crippen LogP contribution in [0.5, 0.6) is 0 Å². The molecule has 84 valence electrons. The smallest absolute Gasteiger partial charge is 0.168 e. The molecular weight excluding hydrogens is 222 g/mol. The average Bonchev–Trinajstić information content (AvgIpc) is 2.52. The predicted molar refractivity (Wildman–Crippen MR) is 66.9 cm³/mol. The lowest BCUT2D eigenvalue weighted by molar-refractivity contribution is 0.610. The van der Waals surface area contributed by atoms with Crippen molar-refractivity contribution in [2.45, 2.75) is 6.92 Å². The van der Waals surface area contributed by atoms with Crippen molar-refractivity contribution < 1.29 is 8.42 Å². The van der Waals surface area contributed by atoms with E-state index >= 15 is 0 Å². The minimum atomic E-state index is -3.06. The molecule has 0 unspecified atom stereocenters. The molecule has 1 aromatic heterocycles. The summed E-state index contributed by atoms with van der Waals surface area (Å²) in [6.07, 6.45) is 2.78. The van der Waals surface area contributed by atoms with Crippen LogP contribution >= 0.6 is 0 Å². The maximum Gasteiger partial charge on any atom is 0.168 e. The number of aromatic amines is 1. The highest BCUT2D eigenvalue weighted by Gasteiger charge is 1.98. The second-order valence-corrected chi connectivity index (χ2v) is 5.86. The fraction of sp³-hybridized carbons (Fsp3) is 0.167. The highest BCUT2D eigenvalue weighted by molar-refractivity contribution is 7.93. The predicted octanol–water partition coefficient (Wildman–Crippen LogP) is 2.49. The molecule has 1 heterocycles. The monoisotopic (exact) mass is 235 g/mol. The minimum Gasteiger partial charge on any atom is -0.359 e. The maximum atomic E-state index is 11.0. The van der Waals surface area contributed by atoms with E-state index in [0.29, 0.717) is 0 Å². The van der Waals surface area contributed by atoms with Crippen LogP contribution in [0.4, 0.5) is 0 Å². The summed E-state index contributed by atoms with van der Waals surface area (Å²) in [5.74, 6) is 0. The van der Waals surface area contributed by atoms with Crippen LogP contribution in [0, 0.1) is 6.92 Å². The van der Waals surface area contributed by atoms with Gasteiger partial charge in [0.05, 0.1) is 0 Å². The molecule has 0 aliphatic rings. The topological polar surface area (TPSA) is 49.9 Å². The Hall–Kier alpha value is -1.55. The van der Waals surface area contributed by atoms with Gasteiger partial charge in [0.25, 0.3) is 0 Å². The first-order valence-corrected chi connectivity index (χ1v) is 6.87. The summed E-state index contributed by atoms with van der Waals surface area (Å²) in [4.78, 5) is 3.21. The van der Waals surface area contributed by atoms with E-state index in [-0.39, 0.29) is 0 Å². The number of nitrogens with one attached hydrogen (secondary N) is 1. The van der Waals surface area contributed by atoms with E-state index in [4.69, 9.17) is 0 Å². The Morgan fingerprint density at radius 1 is 1.25 bits per heavy atom. The molecule has 0 aliphatic heterocycles. The molecule has 4 heteroatoms. The van der Waals surface area contributed by atoms with Crippen LogP contribution in [0.1, 0.15) is 11.3 Å². The number of fused-ring (bicyclic) bond motifs is 1. The minimum absolute atomic E-state index is 0.875. The fourth-order valence-corrected chi connectivity index (χ4v) is 2.00. The molecule has 0 saturated heterocycles. The van der Waals surface area contributed by atoms with Gasteiger partial charge in [-0.3, -0.25) is 0 Å². The van der Waals surface area contributed by atoms with Crippen molar-refractivity contribution in [2.75, 3.05) is 6.26 Å². The Balaban J connectivity index is 2.43. The van der Waals surface area contributed by atoms with Gasteiger partial charge in [-0.1, -0.05) is 12.1 Å². The van der Waals surface area contributed by atoms with Gasteiger partial charge >= 0.3 is 0 Å². The first kappa shape index (κ1) is 11.0. The van der Waals surface area contributed by atoms with Crippen LogP contribution in [-0.2, 0) is 9.84 Å². The van der Waals surface area contributed by atoms with Crippen molar-refractivity contribution in [3.8, 4) is 0 Å². The largest absolute Gasteiger partial charge is 0.359 e. The molecule has 2 aromatic rings. The molecular formula is C12H13NO2S. The highest BCUT2D eigenvalue weighted by atomic mass is 32.2. The maximum absolute atomic E-state index is 11.0. The molecule has 1 aromatic carbocycles. The summed E-state index contributed by atoms with van der Waals surface area (Å²) in [5.41, 5.74) is 2.99. The van der Waals surface area contributed by atoms with E-state index in [0.717, 1.165) is 22.2 Å². The number of aryl methyl sites for hydroxylation is 1. The average molecular weight is 235 g/mol. The number of aromatic nitrogens is 1. The van der Waals surface area contributed by atoms with Gasteiger partial charge in [-0.05, 0) is 36.1 Å². The van der Waals surface area contributed by atoms with E-state index in [1.165, 1.54) is 11.7 Å². The summed E-state index contributed by atoms with van der Waals surface area (Å²) >= 11 is 0. The zero-order valence-corrected chi connectivity index (χ0v) is 10.0. The third-order valence-corrected chi connectivity index (χ3v) is 2.92. The second kappa shape index (κ2) is 3.79. The van der Waals surface area contributed by atoms with Crippen LogP contribution in [-0.4, -0.2) is 19.7 Å². The summed E-state index contributed by atoms with van der Waals surface area (Å²) in [5, 5.41) is 2.35. The SMILES string of the molecule is Cc1cc2ccc(C=CS(C)(=O)=O)cc2[nH]1. The molecule has 0 radical (unpaired) electrons. The summed E-state index contributed by atoms with van der Waals surface area (Å²) in [7, 11) is -3.06. The van der Waals surface area contributed by atoms with E-state index in [9.17, 15) is 8.42 Å². The zero-order valence-electron chi connectivity index (χ0n) is 9.19. The second-order valence-electron chi connectivity index (χ2n) is 3.93. The van der Waals surface area contributed by atoms with Gasteiger partial charge in [0, 0.05) is 22.9 Å². The summed E-state index contributed by atoms with van der Waals surface area (Å²) in [6, 6.07) is 7.86. The molecule has 1 N–H and O–H groups in total. The van der Waals surface area contributed by atoms with Crippen LogP contribution in [0.25, 0.3) is 17.0 Å². The van der Waals surface area contributed by atoms with Crippen molar-refractivity contribution in [1.29, 1.82) is 0 Å². The Morgan fingerprint density at radius 2 is 2.00 bits per heavy atom. The van der Waals surface area contributed by atoms with E-state index in [1.807, 2.05) is 25.1 Å². The molecule has 0 spiro atoms. The van der Waals surface area contributed by atoms with E-state index in [1.54, 1.807) is 6.08 Å². The fourth-order valence-electron chi connectivity index (χ4n) is 1.60. The zero-order chi connectivity index (χ0) is 11.8. The molecule has 0 fully saturated rings. The van der Waals surface area contributed by atoms with Gasteiger partial charge < -0.3 is 4.98 Å². The molecule has 0 saturated carbocycles. The first-order chi connectivity index (χ1) is 7.44. The molecule has 0 bridgehead atoms. The lowest BCUT2D eigenvalue weighted by atomic mass is 10.1. The number of H-pyrrole nitrogens is 1. The first-order valence-electron chi connectivity index (χ1n) is 4.91. The lowest BCUT2D eigenvalue weighted by Gasteiger charge is -1.94. The number of benzene rings is 1. The Kier molecular flexibility index (Phi) is 2.59. The van der Waals surface area contributed by atoms with Gasteiger partial charge in [-0.2, -0.15) is 0 Å². The molecule has 0 aliphatic carbocycles. The third-order valence-electron chi connectivity index (χ3n) is 2.29. The molecule has 2 rings (SSSR count). The van der Waals surface area contributed by atoms with Gasteiger partial charge in [0.2, 0.25) is 0 Å². The number of sulfone groups is 1. The quantitative estimate of drug-likeness (QED) is 0.869. The van der Waals surface area contributed by atoms with E-state index in [2.05, 4.69) is 11.1 Å². The third kappa shape index (κ3) is 2.52. The van der Waals surface area contributed by atoms with Gasteiger partial charge in [-0.15, -0.1) is 0 Å². The van der Waals surface area contributed by atoms with Gasteiger partial charge in [0.15, 0.2) is 9.84 Å². The van der Waals surface area contributed by atoms with Crippen LogP contribution in [0.2, 0.25) is 0 Å². The normalized spacial score (nSPS) is 12.6. The van der Waals surface area contributed by atoms with Crippen LogP contribution in [0.3, 0.4) is 0 Å². The lowest BCUT2D eigenvalue weighted by Crippen LogP contribution is -1.87. The van der Waals surface area contributed by atoms with Gasteiger partial charge in [-0.25, -0.2) is 8.42 Å². The molecule has 3 nitrogen and oxygen atoms in total. The standard InChI is InChI=1S/C12H13NO2S/c1-9-7-11-4-3-10(8-12(11)13-9)5-6-16(2,14)15/h3-8,13H,1-2H3. The Labute approximate surface area is 94.7 Å². The van der Waals surface area contributed by atoms with Crippen molar-refractivity contribution in [2.24, 2.45) is 0 Å². The highest BCUT2D eigenvalue weighted by Crippen LogP contribution is 2.17.